The third-order valence-electron chi connectivity index (χ3n) is 4.12. The first-order chi connectivity index (χ1) is 9.81. The zero-order chi connectivity index (χ0) is 13.8. The fraction of sp³-hybridized carbons (Fsp3) is 0.714. The Morgan fingerprint density at radius 1 is 1.25 bits per heavy atom. The lowest BCUT2D eigenvalue weighted by Gasteiger charge is -2.48. The van der Waals surface area contributed by atoms with Crippen LogP contribution in [0.4, 0.5) is 5.95 Å². The van der Waals surface area contributed by atoms with Gasteiger partial charge in [-0.1, -0.05) is 0 Å². The number of aliphatic hydroxyl groups is 1. The van der Waals surface area contributed by atoms with Crippen molar-refractivity contribution in [1.82, 2.24) is 14.9 Å². The van der Waals surface area contributed by atoms with E-state index in [0.717, 1.165) is 58.1 Å². The van der Waals surface area contributed by atoms with Crippen molar-refractivity contribution < 1.29 is 9.84 Å². The Morgan fingerprint density at radius 2 is 2.10 bits per heavy atom. The summed E-state index contributed by atoms with van der Waals surface area (Å²) in [5, 5.41) is 9.12. The predicted molar refractivity (Wildman–Crippen MR) is 75.7 cm³/mol. The van der Waals surface area contributed by atoms with Crippen LogP contribution in [-0.4, -0.2) is 71.5 Å². The lowest BCUT2D eigenvalue weighted by atomic mass is 9.91. The van der Waals surface area contributed by atoms with Crippen LogP contribution in [-0.2, 0) is 4.74 Å². The highest BCUT2D eigenvalue weighted by atomic mass is 16.5. The van der Waals surface area contributed by atoms with Crippen molar-refractivity contribution in [2.24, 2.45) is 0 Å². The fourth-order valence-electron chi connectivity index (χ4n) is 3.23. The molecule has 1 N–H and O–H groups in total. The second kappa shape index (κ2) is 6.03. The molecule has 1 spiro atoms. The molecule has 2 fully saturated rings. The van der Waals surface area contributed by atoms with Gasteiger partial charge in [-0.3, -0.25) is 4.90 Å². The Labute approximate surface area is 119 Å². The molecule has 2 saturated heterocycles. The molecule has 1 unspecified atom stereocenters. The van der Waals surface area contributed by atoms with E-state index in [4.69, 9.17) is 9.84 Å². The Kier molecular flexibility index (Phi) is 4.14. The topological polar surface area (TPSA) is 61.7 Å². The zero-order valence-electron chi connectivity index (χ0n) is 11.7. The van der Waals surface area contributed by atoms with Gasteiger partial charge >= 0.3 is 0 Å². The van der Waals surface area contributed by atoms with Crippen molar-refractivity contribution >= 4 is 5.95 Å². The van der Waals surface area contributed by atoms with Crippen molar-refractivity contribution in [3.05, 3.63) is 18.5 Å². The van der Waals surface area contributed by atoms with E-state index in [1.807, 2.05) is 6.07 Å². The summed E-state index contributed by atoms with van der Waals surface area (Å²) in [4.78, 5) is 13.2. The van der Waals surface area contributed by atoms with Crippen LogP contribution < -0.4 is 4.90 Å². The van der Waals surface area contributed by atoms with Crippen LogP contribution in [0.5, 0.6) is 0 Å². The summed E-state index contributed by atoms with van der Waals surface area (Å²) < 4.78 is 6.11. The summed E-state index contributed by atoms with van der Waals surface area (Å²) in [6.45, 7) is 5.28. The number of morpholine rings is 1. The second-order valence-electron chi connectivity index (χ2n) is 5.61. The Balaban J connectivity index is 1.70. The molecule has 0 aromatic carbocycles. The minimum absolute atomic E-state index is 0.134. The first-order valence-corrected chi connectivity index (χ1v) is 7.30. The maximum absolute atomic E-state index is 9.12. The number of ether oxygens (including phenoxy) is 1. The summed E-state index contributed by atoms with van der Waals surface area (Å²) in [6, 6.07) is 1.84. The van der Waals surface area contributed by atoms with Gasteiger partial charge in [0.25, 0.3) is 0 Å². The maximum atomic E-state index is 9.12. The Bertz CT molecular complexity index is 424. The molecule has 2 aliphatic rings. The van der Waals surface area contributed by atoms with E-state index in [9.17, 15) is 0 Å². The quantitative estimate of drug-likeness (QED) is 0.848. The van der Waals surface area contributed by atoms with E-state index in [-0.39, 0.29) is 12.2 Å². The van der Waals surface area contributed by atoms with E-state index in [1.165, 1.54) is 0 Å². The van der Waals surface area contributed by atoms with Crippen LogP contribution in [0.3, 0.4) is 0 Å². The molecule has 0 amide bonds. The van der Waals surface area contributed by atoms with Crippen LogP contribution in [0.25, 0.3) is 0 Å². The van der Waals surface area contributed by atoms with Gasteiger partial charge < -0.3 is 14.7 Å². The summed E-state index contributed by atoms with van der Waals surface area (Å²) in [5.41, 5.74) is -0.134. The van der Waals surface area contributed by atoms with Crippen LogP contribution in [0, 0.1) is 0 Å². The number of hydrogen-bond acceptors (Lipinski definition) is 6. The molecule has 6 nitrogen and oxygen atoms in total. The molecule has 110 valence electrons. The lowest BCUT2D eigenvalue weighted by molar-refractivity contribution is -0.116. The van der Waals surface area contributed by atoms with Gasteiger partial charge in [0.15, 0.2) is 0 Å². The average Bonchev–Trinajstić information content (AvgIpc) is 2.49. The van der Waals surface area contributed by atoms with Crippen LogP contribution in [0.2, 0.25) is 0 Å². The normalized spacial score (nSPS) is 27.9. The molecule has 1 aromatic heterocycles. The maximum Gasteiger partial charge on any atom is 0.225 e. The van der Waals surface area contributed by atoms with E-state index in [0.29, 0.717) is 0 Å². The highest BCUT2D eigenvalue weighted by Crippen LogP contribution is 2.30. The minimum atomic E-state index is -0.134. The molecule has 1 aromatic rings. The molecule has 3 heterocycles. The first kappa shape index (κ1) is 13.7. The summed E-state index contributed by atoms with van der Waals surface area (Å²) in [6.07, 6.45) is 5.72. The van der Waals surface area contributed by atoms with Gasteiger partial charge in [0, 0.05) is 38.6 Å². The smallest absolute Gasteiger partial charge is 0.225 e. The standard InChI is InChI=1S/C14H22N4O2/c19-9-7-17-8-10-20-14(11-17)3-1-6-18(12-14)13-15-4-2-5-16-13/h2,4-5,19H,1,3,6-12H2. The van der Waals surface area contributed by atoms with Crippen molar-refractivity contribution in [3.63, 3.8) is 0 Å². The van der Waals surface area contributed by atoms with Gasteiger partial charge in [-0.25, -0.2) is 9.97 Å². The number of nitrogens with zero attached hydrogens (tertiary/aromatic N) is 4. The van der Waals surface area contributed by atoms with Crippen LogP contribution in [0.1, 0.15) is 12.8 Å². The number of aromatic nitrogens is 2. The van der Waals surface area contributed by atoms with Crippen molar-refractivity contribution in [2.45, 2.75) is 18.4 Å². The number of β-amino-alcohol motifs (C(OH)–C–C–N with tert-alkyl or cyclic N) is 1. The molecular formula is C14H22N4O2. The number of anilines is 1. The highest BCUT2D eigenvalue weighted by Gasteiger charge is 2.40. The highest BCUT2D eigenvalue weighted by molar-refractivity contribution is 5.31. The molecule has 20 heavy (non-hydrogen) atoms. The van der Waals surface area contributed by atoms with Gasteiger partial charge in [-0.15, -0.1) is 0 Å². The molecular weight excluding hydrogens is 256 g/mol. The summed E-state index contributed by atoms with van der Waals surface area (Å²) in [5.74, 6) is 0.787. The number of aliphatic hydroxyl groups excluding tert-OH is 1. The van der Waals surface area contributed by atoms with E-state index in [1.54, 1.807) is 12.4 Å². The minimum Gasteiger partial charge on any atom is -0.395 e. The van der Waals surface area contributed by atoms with Crippen molar-refractivity contribution in [1.29, 1.82) is 0 Å². The third kappa shape index (κ3) is 2.92. The second-order valence-corrected chi connectivity index (χ2v) is 5.61. The van der Waals surface area contributed by atoms with E-state index in [2.05, 4.69) is 19.8 Å². The molecule has 6 heteroatoms. The molecule has 3 rings (SSSR count). The molecule has 0 radical (unpaired) electrons. The monoisotopic (exact) mass is 278 g/mol. The van der Waals surface area contributed by atoms with Gasteiger partial charge in [0.1, 0.15) is 0 Å². The number of piperidine rings is 1. The molecule has 1 atom stereocenters. The van der Waals surface area contributed by atoms with Crippen LogP contribution >= 0.6 is 0 Å². The molecule has 2 aliphatic heterocycles. The van der Waals surface area contributed by atoms with Gasteiger partial charge in [0.2, 0.25) is 5.95 Å². The largest absolute Gasteiger partial charge is 0.395 e. The Hall–Kier alpha value is -1.24. The SMILES string of the molecule is OCCN1CCOC2(CCCN(c3ncccn3)C2)C1. The summed E-state index contributed by atoms with van der Waals surface area (Å²) >= 11 is 0. The summed E-state index contributed by atoms with van der Waals surface area (Å²) in [7, 11) is 0. The molecule has 0 aliphatic carbocycles. The van der Waals surface area contributed by atoms with Gasteiger partial charge in [0.05, 0.1) is 25.4 Å². The zero-order valence-corrected chi connectivity index (χ0v) is 11.7. The van der Waals surface area contributed by atoms with Crippen molar-refractivity contribution in [3.8, 4) is 0 Å². The molecule has 0 bridgehead atoms. The van der Waals surface area contributed by atoms with Gasteiger partial charge in [-0.2, -0.15) is 0 Å². The van der Waals surface area contributed by atoms with Crippen molar-refractivity contribution in [2.75, 3.05) is 50.8 Å². The van der Waals surface area contributed by atoms with E-state index < -0.39 is 0 Å². The molecule has 0 saturated carbocycles. The average molecular weight is 278 g/mol. The first-order valence-electron chi connectivity index (χ1n) is 7.30. The number of hydrogen-bond donors (Lipinski definition) is 1. The number of rotatable bonds is 3. The third-order valence-corrected chi connectivity index (χ3v) is 4.12. The predicted octanol–water partition coefficient (Wildman–Crippen LogP) is 0.140. The Morgan fingerprint density at radius 3 is 2.90 bits per heavy atom. The fourth-order valence-corrected chi connectivity index (χ4v) is 3.23. The van der Waals surface area contributed by atoms with Gasteiger partial charge in [-0.05, 0) is 18.9 Å². The lowest BCUT2D eigenvalue weighted by Crippen LogP contribution is -2.60. The van der Waals surface area contributed by atoms with Crippen LogP contribution in [0.15, 0.2) is 18.5 Å². The van der Waals surface area contributed by atoms with E-state index >= 15 is 0 Å².